The number of hydrogen-bond acceptors (Lipinski definition) is 3. The van der Waals surface area contributed by atoms with Crippen LogP contribution in [0, 0.1) is 5.92 Å². The van der Waals surface area contributed by atoms with Crippen LogP contribution in [-0.2, 0) is 10.1 Å². The second kappa shape index (κ2) is 3.90. The predicted octanol–water partition coefficient (Wildman–Crippen LogP) is -0.270. The summed E-state index contributed by atoms with van der Waals surface area (Å²) < 4.78 is 28.8. The Balaban J connectivity index is 3.69. The minimum atomic E-state index is -3.79. The third-order valence-corrected chi connectivity index (χ3v) is 2.04. The van der Waals surface area contributed by atoms with E-state index in [1.807, 2.05) is 0 Å². The summed E-state index contributed by atoms with van der Waals surface area (Å²) in [5.74, 6) is -0.214. The zero-order valence-corrected chi connectivity index (χ0v) is 6.98. The molecule has 0 radical (unpaired) electrons. The minimum absolute atomic E-state index is 0.0417. The van der Waals surface area contributed by atoms with Gasteiger partial charge in [-0.2, -0.15) is 8.42 Å². The summed E-state index contributed by atoms with van der Waals surface area (Å²) in [6.07, 6.45) is 0. The molecule has 5 heteroatoms. The molecule has 0 aliphatic carbocycles. The molecule has 1 atom stereocenters. The van der Waals surface area contributed by atoms with Gasteiger partial charge in [0.05, 0.1) is 5.75 Å². The van der Waals surface area contributed by atoms with Gasteiger partial charge in [-0.15, -0.1) is 0 Å². The molecule has 0 fully saturated rings. The summed E-state index contributed by atoms with van der Waals surface area (Å²) in [7, 11) is -2.05. The van der Waals surface area contributed by atoms with Crippen molar-refractivity contribution < 1.29 is 13.0 Å². The van der Waals surface area contributed by atoms with Gasteiger partial charge in [-0.05, 0) is 19.5 Å². The van der Waals surface area contributed by atoms with E-state index in [1.165, 1.54) is 0 Å². The molecule has 62 valence electrons. The first-order chi connectivity index (χ1) is 4.45. The van der Waals surface area contributed by atoms with E-state index in [1.54, 1.807) is 14.0 Å². The minimum Gasteiger partial charge on any atom is -0.319 e. The Morgan fingerprint density at radius 2 is 2.10 bits per heavy atom. The summed E-state index contributed by atoms with van der Waals surface area (Å²) in [4.78, 5) is 0. The Morgan fingerprint density at radius 3 is 2.40 bits per heavy atom. The van der Waals surface area contributed by atoms with Crippen LogP contribution < -0.4 is 5.32 Å². The van der Waals surface area contributed by atoms with Crippen molar-refractivity contribution in [1.29, 1.82) is 0 Å². The zero-order chi connectivity index (χ0) is 8.20. The third kappa shape index (κ3) is 6.00. The van der Waals surface area contributed by atoms with Crippen molar-refractivity contribution in [3.8, 4) is 0 Å². The Labute approximate surface area is 61.4 Å². The Hall–Kier alpha value is -0.130. The molecule has 0 unspecified atom stereocenters. The van der Waals surface area contributed by atoms with E-state index in [0.717, 1.165) is 0 Å². The average molecular weight is 167 g/mol. The van der Waals surface area contributed by atoms with Crippen LogP contribution in [-0.4, -0.2) is 32.3 Å². The van der Waals surface area contributed by atoms with E-state index in [0.29, 0.717) is 6.54 Å². The molecule has 0 spiro atoms. The van der Waals surface area contributed by atoms with E-state index in [4.69, 9.17) is 4.55 Å². The van der Waals surface area contributed by atoms with Crippen molar-refractivity contribution in [3.63, 3.8) is 0 Å². The van der Waals surface area contributed by atoms with Crippen molar-refractivity contribution in [1.82, 2.24) is 5.32 Å². The van der Waals surface area contributed by atoms with Crippen molar-refractivity contribution >= 4 is 10.1 Å². The first-order valence-electron chi connectivity index (χ1n) is 3.05. The average Bonchev–Trinajstić information content (AvgIpc) is 1.59. The van der Waals surface area contributed by atoms with Gasteiger partial charge in [0.25, 0.3) is 10.1 Å². The van der Waals surface area contributed by atoms with E-state index >= 15 is 0 Å². The summed E-state index contributed by atoms with van der Waals surface area (Å²) in [5.41, 5.74) is 0. The van der Waals surface area contributed by atoms with E-state index in [-0.39, 0.29) is 11.7 Å². The monoisotopic (exact) mass is 167 g/mol. The zero-order valence-electron chi connectivity index (χ0n) is 6.16. The molecule has 0 bridgehead atoms. The molecule has 0 aliphatic heterocycles. The maximum atomic E-state index is 10.2. The van der Waals surface area contributed by atoms with Gasteiger partial charge in [0.15, 0.2) is 0 Å². The summed E-state index contributed by atoms with van der Waals surface area (Å²) in [5, 5.41) is 2.81. The molecule has 4 nitrogen and oxygen atoms in total. The van der Waals surface area contributed by atoms with Crippen molar-refractivity contribution in [2.75, 3.05) is 19.3 Å². The summed E-state index contributed by atoms with van der Waals surface area (Å²) in [6.45, 7) is 2.35. The fraction of sp³-hybridized carbons (Fsp3) is 1.00. The van der Waals surface area contributed by atoms with Gasteiger partial charge in [0.2, 0.25) is 0 Å². The number of nitrogens with one attached hydrogen (secondary N) is 1. The van der Waals surface area contributed by atoms with Gasteiger partial charge in [-0.1, -0.05) is 6.92 Å². The van der Waals surface area contributed by atoms with Gasteiger partial charge < -0.3 is 5.32 Å². The lowest BCUT2D eigenvalue weighted by atomic mass is 10.2. The molecule has 0 saturated carbocycles. The first kappa shape index (κ1) is 9.87. The van der Waals surface area contributed by atoms with Gasteiger partial charge in [0, 0.05) is 0 Å². The molecule has 0 amide bonds. The Kier molecular flexibility index (Phi) is 3.85. The van der Waals surface area contributed by atoms with Crippen LogP contribution in [0.4, 0.5) is 0 Å². The maximum Gasteiger partial charge on any atom is 0.265 e. The molecule has 0 aromatic carbocycles. The van der Waals surface area contributed by atoms with Gasteiger partial charge in [0.1, 0.15) is 0 Å². The number of rotatable bonds is 4. The molecule has 0 aromatic rings. The fourth-order valence-corrected chi connectivity index (χ4v) is 1.60. The first-order valence-corrected chi connectivity index (χ1v) is 4.66. The highest BCUT2D eigenvalue weighted by Gasteiger charge is 2.10. The molecule has 2 N–H and O–H groups in total. The smallest absolute Gasteiger partial charge is 0.265 e. The fourth-order valence-electron chi connectivity index (χ4n) is 0.767. The van der Waals surface area contributed by atoms with E-state index < -0.39 is 10.1 Å². The van der Waals surface area contributed by atoms with Crippen LogP contribution in [0.2, 0.25) is 0 Å². The van der Waals surface area contributed by atoms with E-state index in [9.17, 15) is 8.42 Å². The van der Waals surface area contributed by atoms with Crippen LogP contribution in [0.1, 0.15) is 6.92 Å². The van der Waals surface area contributed by atoms with Crippen LogP contribution in [0.25, 0.3) is 0 Å². The van der Waals surface area contributed by atoms with Gasteiger partial charge in [-0.25, -0.2) is 0 Å². The van der Waals surface area contributed by atoms with Gasteiger partial charge in [-0.3, -0.25) is 4.55 Å². The van der Waals surface area contributed by atoms with Gasteiger partial charge >= 0.3 is 0 Å². The molecule has 0 aromatic heterocycles. The second-order valence-corrected chi connectivity index (χ2v) is 3.91. The Morgan fingerprint density at radius 1 is 1.60 bits per heavy atom. The molecular weight excluding hydrogens is 154 g/mol. The summed E-state index contributed by atoms with van der Waals surface area (Å²) >= 11 is 0. The standard InChI is InChI=1S/C5H13NO3S/c1-5(3-6-2)4-10(7,8)9/h5-6H,3-4H2,1-2H3,(H,7,8,9)/t5-/m0/s1. The SMILES string of the molecule is CNC[C@H](C)CS(=O)(=O)O. The molecular formula is C5H13NO3S. The lowest BCUT2D eigenvalue weighted by molar-refractivity contribution is 0.466. The maximum absolute atomic E-state index is 10.2. The molecule has 0 rings (SSSR count). The van der Waals surface area contributed by atoms with Crippen LogP contribution >= 0.6 is 0 Å². The normalized spacial score (nSPS) is 15.1. The number of hydrogen-bond donors (Lipinski definition) is 2. The quantitative estimate of drug-likeness (QED) is 0.566. The molecule has 0 saturated heterocycles. The predicted molar refractivity (Wildman–Crippen MR) is 39.5 cm³/mol. The third-order valence-electron chi connectivity index (χ3n) is 1.05. The Bertz CT molecular complexity index is 175. The second-order valence-electron chi connectivity index (χ2n) is 2.41. The summed E-state index contributed by atoms with van der Waals surface area (Å²) in [6, 6.07) is 0. The van der Waals surface area contributed by atoms with Crippen molar-refractivity contribution in [2.24, 2.45) is 5.92 Å². The van der Waals surface area contributed by atoms with E-state index in [2.05, 4.69) is 5.32 Å². The van der Waals surface area contributed by atoms with Crippen molar-refractivity contribution in [2.45, 2.75) is 6.92 Å². The highest BCUT2D eigenvalue weighted by atomic mass is 32.2. The highest BCUT2D eigenvalue weighted by molar-refractivity contribution is 7.85. The van der Waals surface area contributed by atoms with Crippen LogP contribution in [0.15, 0.2) is 0 Å². The molecule has 0 heterocycles. The van der Waals surface area contributed by atoms with Crippen LogP contribution in [0.3, 0.4) is 0 Å². The van der Waals surface area contributed by atoms with Crippen molar-refractivity contribution in [3.05, 3.63) is 0 Å². The lowest BCUT2D eigenvalue weighted by Crippen LogP contribution is -2.23. The lowest BCUT2D eigenvalue weighted by Gasteiger charge is -2.06. The largest absolute Gasteiger partial charge is 0.319 e. The molecule has 10 heavy (non-hydrogen) atoms. The van der Waals surface area contributed by atoms with Crippen LogP contribution in [0.5, 0.6) is 0 Å². The topological polar surface area (TPSA) is 66.4 Å². The highest BCUT2D eigenvalue weighted by Crippen LogP contribution is 1.96. The molecule has 0 aliphatic rings.